The van der Waals surface area contributed by atoms with Crippen LogP contribution in [0.25, 0.3) is 23.1 Å². The summed E-state index contributed by atoms with van der Waals surface area (Å²) in [5.41, 5.74) is 3.43. The Hall–Kier alpha value is -2.56. The number of ether oxygens (including phenoxy) is 1. The van der Waals surface area contributed by atoms with E-state index in [2.05, 4.69) is 60.6 Å². The SMILES string of the molecule is CC(C)NCC(O)COc1ccc(/C=C/c2cccc3[nH]ccc23)cc1. The third kappa shape index (κ3) is 4.97. The number of fused-ring (bicyclic) bond motifs is 1. The first-order valence-electron chi connectivity index (χ1n) is 9.00. The summed E-state index contributed by atoms with van der Waals surface area (Å²) < 4.78 is 5.65. The summed E-state index contributed by atoms with van der Waals surface area (Å²) in [6, 6.07) is 16.6. The molecular formula is C22H26N2O2. The van der Waals surface area contributed by atoms with E-state index in [-0.39, 0.29) is 6.61 Å². The van der Waals surface area contributed by atoms with Crippen LogP contribution in [0.2, 0.25) is 0 Å². The largest absolute Gasteiger partial charge is 0.491 e. The maximum atomic E-state index is 9.89. The Morgan fingerprint density at radius 2 is 1.88 bits per heavy atom. The number of H-pyrrole nitrogens is 1. The first kappa shape index (κ1) is 18.2. The van der Waals surface area contributed by atoms with Gasteiger partial charge in [-0.1, -0.05) is 50.3 Å². The molecule has 0 aliphatic rings. The minimum absolute atomic E-state index is 0.282. The highest BCUT2D eigenvalue weighted by molar-refractivity contribution is 5.91. The van der Waals surface area contributed by atoms with Crippen molar-refractivity contribution in [3.8, 4) is 5.75 Å². The van der Waals surface area contributed by atoms with Gasteiger partial charge in [0, 0.05) is 29.7 Å². The molecule has 136 valence electrons. The van der Waals surface area contributed by atoms with E-state index in [1.807, 2.05) is 30.5 Å². The van der Waals surface area contributed by atoms with Crippen LogP contribution in [-0.2, 0) is 0 Å². The minimum Gasteiger partial charge on any atom is -0.491 e. The zero-order valence-corrected chi connectivity index (χ0v) is 15.3. The number of hydrogen-bond donors (Lipinski definition) is 3. The zero-order chi connectivity index (χ0) is 18.4. The number of aliphatic hydroxyl groups excluding tert-OH is 1. The van der Waals surface area contributed by atoms with Gasteiger partial charge in [-0.3, -0.25) is 0 Å². The molecule has 2 aromatic carbocycles. The fourth-order valence-corrected chi connectivity index (χ4v) is 2.74. The fraction of sp³-hybridized carbons (Fsp3) is 0.273. The summed E-state index contributed by atoms with van der Waals surface area (Å²) in [6.07, 6.45) is 5.65. The Labute approximate surface area is 154 Å². The van der Waals surface area contributed by atoms with Crippen LogP contribution in [0.1, 0.15) is 25.0 Å². The van der Waals surface area contributed by atoms with Crippen molar-refractivity contribution in [1.29, 1.82) is 0 Å². The number of aromatic nitrogens is 1. The highest BCUT2D eigenvalue weighted by Crippen LogP contribution is 2.20. The van der Waals surface area contributed by atoms with Crippen LogP contribution in [0.15, 0.2) is 54.7 Å². The average molecular weight is 350 g/mol. The van der Waals surface area contributed by atoms with E-state index in [0.29, 0.717) is 12.6 Å². The van der Waals surface area contributed by atoms with Crippen molar-refractivity contribution in [2.75, 3.05) is 13.2 Å². The lowest BCUT2D eigenvalue weighted by atomic mass is 10.1. The van der Waals surface area contributed by atoms with Crippen molar-refractivity contribution < 1.29 is 9.84 Å². The molecule has 3 aromatic rings. The summed E-state index contributed by atoms with van der Waals surface area (Å²) in [5, 5.41) is 14.3. The number of rotatable bonds is 8. The van der Waals surface area contributed by atoms with Crippen molar-refractivity contribution >= 4 is 23.1 Å². The van der Waals surface area contributed by atoms with Crippen LogP contribution in [0.5, 0.6) is 5.75 Å². The van der Waals surface area contributed by atoms with Gasteiger partial charge in [0.25, 0.3) is 0 Å². The predicted molar refractivity (Wildman–Crippen MR) is 108 cm³/mol. The van der Waals surface area contributed by atoms with Crippen molar-refractivity contribution in [2.24, 2.45) is 0 Å². The first-order valence-corrected chi connectivity index (χ1v) is 9.00. The van der Waals surface area contributed by atoms with Crippen LogP contribution >= 0.6 is 0 Å². The maximum absolute atomic E-state index is 9.89. The van der Waals surface area contributed by atoms with Gasteiger partial charge in [0.2, 0.25) is 0 Å². The molecule has 0 radical (unpaired) electrons. The predicted octanol–water partition coefficient (Wildman–Crippen LogP) is 4.08. The van der Waals surface area contributed by atoms with Crippen LogP contribution in [0, 0.1) is 0 Å². The molecule has 3 rings (SSSR count). The monoisotopic (exact) mass is 350 g/mol. The molecule has 3 N–H and O–H groups in total. The molecule has 0 aliphatic carbocycles. The second-order valence-electron chi connectivity index (χ2n) is 6.72. The van der Waals surface area contributed by atoms with E-state index < -0.39 is 6.10 Å². The summed E-state index contributed by atoms with van der Waals surface area (Å²) in [5.74, 6) is 0.762. The Kier molecular flexibility index (Phi) is 6.10. The van der Waals surface area contributed by atoms with Crippen LogP contribution in [-0.4, -0.2) is 35.4 Å². The lowest BCUT2D eigenvalue weighted by Gasteiger charge is -2.15. The molecule has 1 heterocycles. The van der Waals surface area contributed by atoms with Gasteiger partial charge < -0.3 is 20.1 Å². The van der Waals surface area contributed by atoms with Crippen LogP contribution < -0.4 is 10.1 Å². The molecule has 0 saturated heterocycles. The molecule has 26 heavy (non-hydrogen) atoms. The second kappa shape index (κ2) is 8.70. The van der Waals surface area contributed by atoms with Gasteiger partial charge in [0.05, 0.1) is 0 Å². The summed E-state index contributed by atoms with van der Waals surface area (Å²) in [4.78, 5) is 3.23. The first-order chi connectivity index (χ1) is 12.6. The molecule has 1 unspecified atom stereocenters. The molecule has 0 amide bonds. The molecule has 0 aliphatic heterocycles. The highest BCUT2D eigenvalue weighted by atomic mass is 16.5. The molecule has 0 saturated carbocycles. The topological polar surface area (TPSA) is 57.3 Å². The third-order valence-corrected chi connectivity index (χ3v) is 4.17. The Bertz CT molecular complexity index is 850. The van der Waals surface area contributed by atoms with Gasteiger partial charge in [0.1, 0.15) is 18.5 Å². The Morgan fingerprint density at radius 1 is 1.08 bits per heavy atom. The van der Waals surface area contributed by atoms with Crippen molar-refractivity contribution in [1.82, 2.24) is 10.3 Å². The zero-order valence-electron chi connectivity index (χ0n) is 15.3. The van der Waals surface area contributed by atoms with Gasteiger partial charge in [-0.05, 0) is 35.4 Å². The molecule has 4 nitrogen and oxygen atoms in total. The van der Waals surface area contributed by atoms with E-state index in [9.17, 15) is 5.11 Å². The standard InChI is InChI=1S/C22H26N2O2/c1-16(2)24-14-19(25)15-26-20-10-7-17(8-11-20)6-9-18-4-3-5-22-21(18)12-13-23-22/h3-13,16,19,23-25H,14-15H2,1-2H3/b9-6+. The number of nitrogens with one attached hydrogen (secondary N) is 2. The summed E-state index contributed by atoms with van der Waals surface area (Å²) >= 11 is 0. The Balaban J connectivity index is 1.57. The van der Waals surface area contributed by atoms with Crippen LogP contribution in [0.4, 0.5) is 0 Å². The molecular weight excluding hydrogens is 324 g/mol. The normalized spacial score (nSPS) is 12.9. The van der Waals surface area contributed by atoms with E-state index in [1.54, 1.807) is 0 Å². The summed E-state index contributed by atoms with van der Waals surface area (Å²) in [7, 11) is 0. The number of aliphatic hydroxyl groups is 1. The van der Waals surface area contributed by atoms with Gasteiger partial charge in [-0.15, -0.1) is 0 Å². The van der Waals surface area contributed by atoms with Gasteiger partial charge in [-0.2, -0.15) is 0 Å². The lowest BCUT2D eigenvalue weighted by Crippen LogP contribution is -2.35. The molecule has 1 atom stereocenters. The smallest absolute Gasteiger partial charge is 0.119 e. The minimum atomic E-state index is -0.515. The number of benzene rings is 2. The van der Waals surface area contributed by atoms with E-state index in [0.717, 1.165) is 16.8 Å². The van der Waals surface area contributed by atoms with E-state index in [1.165, 1.54) is 10.9 Å². The van der Waals surface area contributed by atoms with Gasteiger partial charge in [0.15, 0.2) is 0 Å². The molecule has 4 heteroatoms. The lowest BCUT2D eigenvalue weighted by molar-refractivity contribution is 0.104. The maximum Gasteiger partial charge on any atom is 0.119 e. The summed E-state index contributed by atoms with van der Waals surface area (Å²) in [6.45, 7) is 4.92. The van der Waals surface area contributed by atoms with Crippen molar-refractivity contribution in [2.45, 2.75) is 26.0 Å². The molecule has 1 aromatic heterocycles. The second-order valence-corrected chi connectivity index (χ2v) is 6.72. The number of hydrogen-bond acceptors (Lipinski definition) is 3. The quantitative estimate of drug-likeness (QED) is 0.537. The fourth-order valence-electron chi connectivity index (χ4n) is 2.74. The number of aromatic amines is 1. The van der Waals surface area contributed by atoms with Crippen LogP contribution in [0.3, 0.4) is 0 Å². The van der Waals surface area contributed by atoms with E-state index in [4.69, 9.17) is 4.74 Å². The van der Waals surface area contributed by atoms with Crippen molar-refractivity contribution in [3.63, 3.8) is 0 Å². The highest BCUT2D eigenvalue weighted by Gasteiger charge is 2.06. The molecule has 0 fully saturated rings. The third-order valence-electron chi connectivity index (χ3n) is 4.17. The van der Waals surface area contributed by atoms with Gasteiger partial charge in [-0.25, -0.2) is 0 Å². The van der Waals surface area contributed by atoms with Crippen molar-refractivity contribution in [3.05, 3.63) is 65.9 Å². The van der Waals surface area contributed by atoms with E-state index >= 15 is 0 Å². The Morgan fingerprint density at radius 3 is 2.65 bits per heavy atom. The average Bonchev–Trinajstić information content (AvgIpc) is 3.13. The van der Waals surface area contributed by atoms with Gasteiger partial charge >= 0.3 is 0 Å². The molecule has 0 bridgehead atoms. The molecule has 0 spiro atoms.